The molecule has 0 aliphatic carbocycles. The molecule has 1 saturated heterocycles. The Morgan fingerprint density at radius 1 is 1.27 bits per heavy atom. The lowest BCUT2D eigenvalue weighted by Gasteiger charge is -2.30. The zero-order chi connectivity index (χ0) is 23.1. The fourth-order valence-corrected chi connectivity index (χ4v) is 5.18. The van der Waals surface area contributed by atoms with Crippen LogP contribution in [0, 0.1) is 0 Å². The van der Waals surface area contributed by atoms with Crippen LogP contribution in [-0.2, 0) is 15.9 Å². The quantitative estimate of drug-likeness (QED) is 0.431. The first-order valence-corrected chi connectivity index (χ1v) is 11.7. The van der Waals surface area contributed by atoms with E-state index in [1.165, 1.54) is 13.2 Å². The number of hydrogen-bond acceptors (Lipinski definition) is 6. The van der Waals surface area contributed by atoms with Crippen LogP contribution in [0.15, 0.2) is 28.7 Å². The maximum absolute atomic E-state index is 13.7. The Kier molecular flexibility index (Phi) is 6.05. The third kappa shape index (κ3) is 3.99. The molecule has 10 heteroatoms. The van der Waals surface area contributed by atoms with Gasteiger partial charge in [0.2, 0.25) is 0 Å². The summed E-state index contributed by atoms with van der Waals surface area (Å²) in [4.78, 5) is 18.7. The van der Waals surface area contributed by atoms with Crippen molar-refractivity contribution >= 4 is 44.4 Å². The first-order valence-electron chi connectivity index (χ1n) is 10.9. The summed E-state index contributed by atoms with van der Waals surface area (Å²) in [6.45, 7) is 1.90. The van der Waals surface area contributed by atoms with Gasteiger partial charge in [-0.2, -0.15) is 5.10 Å². The van der Waals surface area contributed by atoms with Crippen LogP contribution in [0.25, 0.3) is 11.0 Å². The van der Waals surface area contributed by atoms with Gasteiger partial charge in [0.15, 0.2) is 5.82 Å². The first-order chi connectivity index (χ1) is 16.0. The highest BCUT2D eigenvalue weighted by atomic mass is 79.9. The van der Waals surface area contributed by atoms with Crippen LogP contribution in [0.1, 0.15) is 53.3 Å². The second-order valence-corrected chi connectivity index (χ2v) is 9.08. The molecule has 0 bridgehead atoms. The molecule has 0 atom stereocenters. The summed E-state index contributed by atoms with van der Waals surface area (Å²) >= 11 is 3.29. The van der Waals surface area contributed by atoms with E-state index in [0.717, 1.165) is 36.8 Å². The van der Waals surface area contributed by atoms with Gasteiger partial charge in [0.05, 0.1) is 18.7 Å². The largest absolute Gasteiger partial charge is 0.464 e. The van der Waals surface area contributed by atoms with Crippen LogP contribution < -0.4 is 4.90 Å². The van der Waals surface area contributed by atoms with Crippen molar-refractivity contribution in [2.45, 2.75) is 38.2 Å². The zero-order valence-corrected chi connectivity index (χ0v) is 19.6. The summed E-state index contributed by atoms with van der Waals surface area (Å²) in [5.41, 5.74) is 3.14. The number of nitrogens with zero attached hydrogens (tertiary/aromatic N) is 4. The van der Waals surface area contributed by atoms with E-state index in [2.05, 4.69) is 20.9 Å². The van der Waals surface area contributed by atoms with Crippen molar-refractivity contribution in [1.82, 2.24) is 14.8 Å². The zero-order valence-electron chi connectivity index (χ0n) is 18.1. The Labute approximate surface area is 197 Å². The minimum atomic E-state index is -2.60. The number of pyridine rings is 1. The maximum Gasteiger partial charge on any atom is 0.356 e. The minimum Gasteiger partial charge on any atom is -0.464 e. The van der Waals surface area contributed by atoms with Crippen LogP contribution in [0.4, 0.5) is 20.3 Å². The number of halogens is 3. The SMILES string of the molecule is COC(=O)c1ccc2c(n1)c(N1CCCc3cc(Br)c(C(F)F)cc31)nn2C1CCOCC1. The molecule has 33 heavy (non-hydrogen) atoms. The third-order valence-corrected chi connectivity index (χ3v) is 6.96. The summed E-state index contributed by atoms with van der Waals surface area (Å²) < 4.78 is 40.0. The number of methoxy groups -OCH3 is 1. The molecule has 174 valence electrons. The molecule has 2 aliphatic rings. The number of ether oxygens (including phenoxy) is 2. The van der Waals surface area contributed by atoms with Crippen LogP contribution in [0.2, 0.25) is 0 Å². The number of carbonyl (C=O) groups excluding carboxylic acids is 1. The lowest BCUT2D eigenvalue weighted by molar-refractivity contribution is 0.0594. The van der Waals surface area contributed by atoms with Crippen molar-refractivity contribution in [2.75, 3.05) is 31.8 Å². The predicted octanol–water partition coefficient (Wildman–Crippen LogP) is 5.35. The third-order valence-electron chi connectivity index (χ3n) is 6.27. The second-order valence-electron chi connectivity index (χ2n) is 8.23. The number of aryl methyl sites for hydroxylation is 1. The van der Waals surface area contributed by atoms with E-state index in [9.17, 15) is 13.6 Å². The molecule has 0 unspecified atom stereocenters. The summed E-state index contributed by atoms with van der Waals surface area (Å²) in [6, 6.07) is 6.90. The fraction of sp³-hybridized carbons (Fsp3) is 0.435. The predicted molar refractivity (Wildman–Crippen MR) is 122 cm³/mol. The van der Waals surface area contributed by atoms with Gasteiger partial charge in [0.1, 0.15) is 11.2 Å². The molecule has 4 heterocycles. The van der Waals surface area contributed by atoms with E-state index < -0.39 is 12.4 Å². The van der Waals surface area contributed by atoms with Crippen molar-refractivity contribution in [3.63, 3.8) is 0 Å². The lowest BCUT2D eigenvalue weighted by Crippen LogP contribution is -2.26. The lowest BCUT2D eigenvalue weighted by atomic mass is 9.99. The summed E-state index contributed by atoms with van der Waals surface area (Å²) in [6.07, 6.45) is 0.652. The minimum absolute atomic E-state index is 0.0583. The van der Waals surface area contributed by atoms with Gasteiger partial charge >= 0.3 is 5.97 Å². The van der Waals surface area contributed by atoms with E-state index >= 15 is 0 Å². The number of anilines is 2. The molecule has 5 rings (SSSR count). The molecule has 0 radical (unpaired) electrons. The van der Waals surface area contributed by atoms with Gasteiger partial charge in [-0.25, -0.2) is 18.6 Å². The van der Waals surface area contributed by atoms with Crippen molar-refractivity contribution in [1.29, 1.82) is 0 Å². The number of benzene rings is 1. The highest BCUT2D eigenvalue weighted by molar-refractivity contribution is 9.10. The average molecular weight is 521 g/mol. The number of rotatable bonds is 4. The summed E-state index contributed by atoms with van der Waals surface area (Å²) in [5.74, 6) is 0.0235. The highest BCUT2D eigenvalue weighted by Gasteiger charge is 2.29. The fourth-order valence-electron chi connectivity index (χ4n) is 4.62. The molecule has 2 aromatic heterocycles. The molecule has 1 aromatic carbocycles. The van der Waals surface area contributed by atoms with Crippen molar-refractivity contribution in [3.05, 3.63) is 45.6 Å². The van der Waals surface area contributed by atoms with E-state index in [1.807, 2.05) is 15.6 Å². The first kappa shape index (κ1) is 22.2. The molecule has 0 saturated carbocycles. The molecule has 0 spiro atoms. The maximum atomic E-state index is 13.7. The van der Waals surface area contributed by atoms with Crippen LogP contribution in [0.5, 0.6) is 0 Å². The normalized spacial score (nSPS) is 16.9. The van der Waals surface area contributed by atoms with Gasteiger partial charge < -0.3 is 14.4 Å². The Morgan fingerprint density at radius 3 is 2.79 bits per heavy atom. The number of fused-ring (bicyclic) bond motifs is 2. The molecule has 0 N–H and O–H groups in total. The topological polar surface area (TPSA) is 69.5 Å². The van der Waals surface area contributed by atoms with Gasteiger partial charge in [-0.05, 0) is 55.5 Å². The van der Waals surface area contributed by atoms with Crippen LogP contribution in [0.3, 0.4) is 0 Å². The van der Waals surface area contributed by atoms with Gasteiger partial charge in [0, 0.05) is 35.5 Å². The van der Waals surface area contributed by atoms with E-state index in [4.69, 9.17) is 14.6 Å². The molecule has 7 nitrogen and oxygen atoms in total. The number of aromatic nitrogens is 3. The summed E-state index contributed by atoms with van der Waals surface area (Å²) in [5, 5.41) is 4.93. The van der Waals surface area contributed by atoms with E-state index in [1.54, 1.807) is 12.1 Å². The van der Waals surface area contributed by atoms with Crippen molar-refractivity contribution < 1.29 is 23.0 Å². The van der Waals surface area contributed by atoms with Crippen LogP contribution >= 0.6 is 15.9 Å². The number of carbonyl (C=O) groups is 1. The monoisotopic (exact) mass is 520 g/mol. The number of hydrogen-bond donors (Lipinski definition) is 0. The highest BCUT2D eigenvalue weighted by Crippen LogP contribution is 2.41. The van der Waals surface area contributed by atoms with Gasteiger partial charge in [-0.3, -0.25) is 4.68 Å². The Hall–Kier alpha value is -2.59. The number of esters is 1. The van der Waals surface area contributed by atoms with Crippen molar-refractivity contribution in [2.24, 2.45) is 0 Å². The van der Waals surface area contributed by atoms with Gasteiger partial charge in [-0.15, -0.1) is 0 Å². The van der Waals surface area contributed by atoms with Gasteiger partial charge in [0.25, 0.3) is 6.43 Å². The van der Waals surface area contributed by atoms with Crippen molar-refractivity contribution in [3.8, 4) is 0 Å². The summed E-state index contributed by atoms with van der Waals surface area (Å²) in [7, 11) is 1.31. The van der Waals surface area contributed by atoms with Crippen LogP contribution in [-0.4, -0.2) is 47.6 Å². The smallest absolute Gasteiger partial charge is 0.356 e. The molecular formula is C23H23BrF2N4O3. The standard InChI is InChI=1S/C23H23BrF2N4O3/c1-32-23(31)17-4-5-18-20(27-17)22(28-30(18)14-6-9-33-10-7-14)29-8-2-3-13-11-16(24)15(21(25)26)12-19(13)29/h4-5,11-12,14,21H,2-3,6-10H2,1H3. The average Bonchev–Trinajstić information content (AvgIpc) is 3.21. The Bertz CT molecular complexity index is 1210. The molecular weight excluding hydrogens is 498 g/mol. The van der Waals surface area contributed by atoms with E-state index in [-0.39, 0.29) is 17.3 Å². The number of alkyl halides is 2. The molecule has 1 fully saturated rings. The second kappa shape index (κ2) is 8.98. The Balaban J connectivity index is 1.69. The molecule has 3 aromatic rings. The molecule has 2 aliphatic heterocycles. The molecule has 0 amide bonds. The van der Waals surface area contributed by atoms with E-state index in [0.29, 0.717) is 41.3 Å². The van der Waals surface area contributed by atoms with Gasteiger partial charge in [-0.1, -0.05) is 15.9 Å². The Morgan fingerprint density at radius 2 is 2.06 bits per heavy atom.